The van der Waals surface area contributed by atoms with Crippen LogP contribution in [0.2, 0.25) is 0 Å². The first kappa shape index (κ1) is 22.4. The van der Waals surface area contributed by atoms with E-state index in [1.54, 1.807) is 0 Å². The molecule has 2 aromatic rings. The average molecular weight is 445 g/mol. The van der Waals surface area contributed by atoms with Crippen LogP contribution in [0.25, 0.3) is 5.57 Å². The van der Waals surface area contributed by atoms with Crippen molar-refractivity contribution >= 4 is 11.5 Å². The third kappa shape index (κ3) is 5.15. The van der Waals surface area contributed by atoms with Gasteiger partial charge in [-0.3, -0.25) is 4.79 Å². The van der Waals surface area contributed by atoms with Gasteiger partial charge in [-0.15, -0.1) is 0 Å². The van der Waals surface area contributed by atoms with Gasteiger partial charge in [0.25, 0.3) is 0 Å². The van der Waals surface area contributed by atoms with E-state index in [0.29, 0.717) is 50.0 Å². The number of halogens is 3. The van der Waals surface area contributed by atoms with Gasteiger partial charge in [-0.1, -0.05) is 24.3 Å². The zero-order chi connectivity index (χ0) is 22.7. The molecule has 0 saturated carbocycles. The molecule has 1 amide bonds. The molecule has 0 radical (unpaired) electrons. The van der Waals surface area contributed by atoms with Crippen LogP contribution >= 0.6 is 0 Å². The van der Waals surface area contributed by atoms with Crippen LogP contribution in [0.1, 0.15) is 47.1 Å². The van der Waals surface area contributed by atoms with Gasteiger partial charge in [-0.2, -0.15) is 13.2 Å². The van der Waals surface area contributed by atoms with Crippen LogP contribution < -0.4 is 10.1 Å². The molecule has 2 N–H and O–H groups in total. The average Bonchev–Trinajstić information content (AvgIpc) is 2.95. The molecular weight excluding hydrogens is 419 g/mol. The summed E-state index contributed by atoms with van der Waals surface area (Å²) in [6.07, 6.45) is 0.794. The second kappa shape index (κ2) is 9.36. The number of benzene rings is 2. The smallest absolute Gasteiger partial charge is 0.416 e. The molecule has 170 valence electrons. The Morgan fingerprint density at radius 3 is 2.88 bits per heavy atom. The number of hydrogen-bond acceptors (Lipinski definition) is 3. The van der Waals surface area contributed by atoms with Gasteiger partial charge >= 0.3 is 6.18 Å². The molecule has 0 spiro atoms. The summed E-state index contributed by atoms with van der Waals surface area (Å²) in [7, 11) is 0. The summed E-state index contributed by atoms with van der Waals surface area (Å²) in [5.41, 5.74) is 3.99. The van der Waals surface area contributed by atoms with Crippen molar-refractivity contribution in [3.63, 3.8) is 0 Å². The minimum Gasteiger partial charge on any atom is -0.493 e. The highest BCUT2D eigenvalue weighted by atomic mass is 19.4. The molecule has 32 heavy (non-hydrogen) atoms. The van der Waals surface area contributed by atoms with Crippen molar-refractivity contribution in [3.8, 4) is 5.75 Å². The lowest BCUT2D eigenvalue weighted by Crippen LogP contribution is -2.25. The highest BCUT2D eigenvalue weighted by Gasteiger charge is 2.32. The monoisotopic (exact) mass is 445 g/mol. The Labute approximate surface area is 185 Å². The highest BCUT2D eigenvalue weighted by Crippen LogP contribution is 2.38. The fourth-order valence-electron chi connectivity index (χ4n) is 4.42. The lowest BCUT2D eigenvalue weighted by Gasteiger charge is -2.23. The number of alkyl halides is 3. The van der Waals surface area contributed by atoms with Crippen molar-refractivity contribution in [2.45, 2.75) is 50.8 Å². The first-order chi connectivity index (χ1) is 15.3. The van der Waals surface area contributed by atoms with Gasteiger partial charge in [0.15, 0.2) is 0 Å². The minimum absolute atomic E-state index is 0.158. The van der Waals surface area contributed by atoms with E-state index in [1.165, 1.54) is 23.3 Å². The number of aliphatic hydroxyl groups is 1. The van der Waals surface area contributed by atoms with Crippen molar-refractivity contribution in [1.29, 1.82) is 0 Å². The van der Waals surface area contributed by atoms with Crippen LogP contribution in [0.15, 0.2) is 42.5 Å². The lowest BCUT2D eigenvalue weighted by atomic mass is 9.86. The van der Waals surface area contributed by atoms with E-state index >= 15 is 0 Å². The molecule has 2 aromatic carbocycles. The molecule has 1 aliphatic heterocycles. The molecule has 4 nitrogen and oxygen atoms in total. The summed E-state index contributed by atoms with van der Waals surface area (Å²) in [5.74, 6) is -0.122. The Kier molecular flexibility index (Phi) is 6.55. The second-order valence-electron chi connectivity index (χ2n) is 8.32. The van der Waals surface area contributed by atoms with Gasteiger partial charge in [0.1, 0.15) is 5.75 Å². The summed E-state index contributed by atoms with van der Waals surface area (Å²) >= 11 is 0. The van der Waals surface area contributed by atoms with E-state index in [1.807, 2.05) is 12.1 Å². The van der Waals surface area contributed by atoms with Crippen molar-refractivity contribution < 1.29 is 27.8 Å². The quantitative estimate of drug-likeness (QED) is 0.683. The first-order valence-corrected chi connectivity index (χ1v) is 10.9. The van der Waals surface area contributed by atoms with E-state index in [2.05, 4.69) is 11.4 Å². The summed E-state index contributed by atoms with van der Waals surface area (Å²) in [4.78, 5) is 12.5. The molecule has 1 unspecified atom stereocenters. The topological polar surface area (TPSA) is 58.6 Å². The number of ether oxygens (including phenoxy) is 1. The van der Waals surface area contributed by atoms with E-state index in [9.17, 15) is 23.1 Å². The second-order valence-corrected chi connectivity index (χ2v) is 8.32. The summed E-state index contributed by atoms with van der Waals surface area (Å²) in [6.45, 7) is 0.740. The highest BCUT2D eigenvalue weighted by molar-refractivity contribution is 5.96. The van der Waals surface area contributed by atoms with Crippen LogP contribution in [-0.4, -0.2) is 30.3 Å². The molecule has 7 heteroatoms. The fraction of sp³-hybridized carbons (Fsp3) is 0.400. The SMILES string of the molecule is O=C(/C=C1\CCCOc2cc(C(F)(F)F)ccc21)NCCc1cccc2c1CC(O)CC2. The van der Waals surface area contributed by atoms with E-state index in [0.717, 1.165) is 30.5 Å². The number of carbonyl (C=O) groups is 1. The molecule has 2 aliphatic rings. The Balaban J connectivity index is 1.44. The third-order valence-corrected chi connectivity index (χ3v) is 6.06. The van der Waals surface area contributed by atoms with Crippen LogP contribution in [-0.2, 0) is 30.2 Å². The van der Waals surface area contributed by atoms with E-state index in [-0.39, 0.29) is 17.8 Å². The van der Waals surface area contributed by atoms with E-state index in [4.69, 9.17) is 4.74 Å². The molecular formula is C25H26F3NO3. The van der Waals surface area contributed by atoms with Crippen molar-refractivity contribution in [3.05, 3.63) is 70.3 Å². The first-order valence-electron chi connectivity index (χ1n) is 10.9. The minimum atomic E-state index is -4.45. The van der Waals surface area contributed by atoms with Crippen LogP contribution in [0.3, 0.4) is 0 Å². The molecule has 1 heterocycles. The number of aliphatic hydroxyl groups excluding tert-OH is 1. The van der Waals surface area contributed by atoms with Crippen LogP contribution in [0.5, 0.6) is 5.75 Å². The van der Waals surface area contributed by atoms with Gasteiger partial charge in [0, 0.05) is 18.2 Å². The maximum absolute atomic E-state index is 13.0. The number of aryl methyl sites for hydroxylation is 1. The number of hydrogen-bond donors (Lipinski definition) is 2. The maximum atomic E-state index is 13.0. The molecule has 0 saturated heterocycles. The number of amides is 1. The van der Waals surface area contributed by atoms with Gasteiger partial charge < -0.3 is 15.2 Å². The van der Waals surface area contributed by atoms with Crippen molar-refractivity contribution in [2.24, 2.45) is 0 Å². The standard InChI is InChI=1S/C25H26F3NO3/c26-25(27,28)19-7-9-21-18(5-2-12-32-23(21)14-19)13-24(31)29-11-10-17-4-1-3-16-6-8-20(30)15-22(16)17/h1,3-4,7,9,13-14,20,30H,2,5-6,8,10-12,15H2,(H,29,31)/b18-13+. The largest absolute Gasteiger partial charge is 0.493 e. The Morgan fingerprint density at radius 1 is 1.22 bits per heavy atom. The Morgan fingerprint density at radius 2 is 2.06 bits per heavy atom. The van der Waals surface area contributed by atoms with E-state index < -0.39 is 11.7 Å². The van der Waals surface area contributed by atoms with Gasteiger partial charge in [-0.05, 0) is 72.9 Å². The molecule has 1 aliphatic carbocycles. The molecule has 0 bridgehead atoms. The zero-order valence-electron chi connectivity index (χ0n) is 17.7. The van der Waals surface area contributed by atoms with Crippen molar-refractivity contribution in [1.82, 2.24) is 5.32 Å². The Bertz CT molecular complexity index is 1030. The molecule has 4 rings (SSSR count). The van der Waals surface area contributed by atoms with Gasteiger partial charge in [0.05, 0.1) is 18.3 Å². The number of nitrogens with one attached hydrogen (secondary N) is 1. The van der Waals surface area contributed by atoms with Gasteiger partial charge in [0.2, 0.25) is 5.91 Å². The number of carbonyl (C=O) groups excluding carboxylic acids is 1. The predicted octanol–water partition coefficient (Wildman–Crippen LogP) is 4.47. The fourth-order valence-corrected chi connectivity index (χ4v) is 4.42. The number of allylic oxidation sites excluding steroid dienone is 1. The predicted molar refractivity (Wildman–Crippen MR) is 115 cm³/mol. The number of fused-ring (bicyclic) bond motifs is 2. The molecule has 0 aromatic heterocycles. The van der Waals surface area contributed by atoms with Crippen molar-refractivity contribution in [2.75, 3.05) is 13.2 Å². The molecule has 1 atom stereocenters. The molecule has 0 fully saturated rings. The summed E-state index contributed by atoms with van der Waals surface area (Å²) in [6, 6.07) is 9.52. The zero-order valence-corrected chi connectivity index (χ0v) is 17.7. The normalized spacial score (nSPS) is 19.5. The lowest BCUT2D eigenvalue weighted by molar-refractivity contribution is -0.137. The van der Waals surface area contributed by atoms with Gasteiger partial charge in [-0.25, -0.2) is 0 Å². The third-order valence-electron chi connectivity index (χ3n) is 6.06. The summed E-state index contributed by atoms with van der Waals surface area (Å²) < 4.78 is 44.6. The summed E-state index contributed by atoms with van der Waals surface area (Å²) in [5, 5.41) is 12.9. The van der Waals surface area contributed by atoms with Crippen LogP contribution in [0, 0.1) is 0 Å². The number of rotatable bonds is 4. The maximum Gasteiger partial charge on any atom is 0.416 e. The van der Waals surface area contributed by atoms with Crippen LogP contribution in [0.4, 0.5) is 13.2 Å². The Hall–Kier alpha value is -2.80.